The van der Waals surface area contributed by atoms with Crippen molar-refractivity contribution in [2.75, 3.05) is 13.1 Å². The first-order valence-electron chi connectivity index (χ1n) is 7.42. The predicted molar refractivity (Wildman–Crippen MR) is 81.1 cm³/mol. The molecular formula is C15H19N3O2S. The maximum atomic E-state index is 12.0. The Morgan fingerprint density at radius 2 is 2.48 bits per heavy atom. The highest BCUT2D eigenvalue weighted by Crippen LogP contribution is 2.28. The van der Waals surface area contributed by atoms with Crippen molar-refractivity contribution in [3.63, 3.8) is 0 Å². The number of aromatic nitrogens is 2. The quantitative estimate of drug-likeness (QED) is 0.869. The SMILES string of the molecule is CCCC(=O)N1CCCC(c2nc(-c3ccsc3)no2)C1. The van der Waals surface area contributed by atoms with Crippen LogP contribution in [0.15, 0.2) is 21.3 Å². The van der Waals surface area contributed by atoms with Gasteiger partial charge in [-0.2, -0.15) is 16.3 Å². The number of rotatable bonds is 4. The van der Waals surface area contributed by atoms with Gasteiger partial charge in [0.1, 0.15) is 0 Å². The van der Waals surface area contributed by atoms with Gasteiger partial charge >= 0.3 is 0 Å². The van der Waals surface area contributed by atoms with E-state index in [9.17, 15) is 4.79 Å². The summed E-state index contributed by atoms with van der Waals surface area (Å²) in [6, 6.07) is 1.98. The third-order valence-electron chi connectivity index (χ3n) is 3.81. The maximum Gasteiger partial charge on any atom is 0.231 e. The zero-order chi connectivity index (χ0) is 14.7. The van der Waals surface area contributed by atoms with E-state index in [1.807, 2.05) is 28.7 Å². The molecule has 0 bridgehead atoms. The summed E-state index contributed by atoms with van der Waals surface area (Å²) in [5.74, 6) is 1.70. The fourth-order valence-electron chi connectivity index (χ4n) is 2.69. The Bertz CT molecular complexity index is 594. The molecule has 1 atom stereocenters. The van der Waals surface area contributed by atoms with E-state index >= 15 is 0 Å². The first-order chi connectivity index (χ1) is 10.3. The number of piperidine rings is 1. The molecule has 3 rings (SSSR count). The van der Waals surface area contributed by atoms with Crippen molar-refractivity contribution in [1.29, 1.82) is 0 Å². The van der Waals surface area contributed by atoms with Crippen LogP contribution in [0.5, 0.6) is 0 Å². The molecule has 1 unspecified atom stereocenters. The fraction of sp³-hybridized carbons (Fsp3) is 0.533. The fourth-order valence-corrected chi connectivity index (χ4v) is 3.32. The highest BCUT2D eigenvalue weighted by Gasteiger charge is 2.28. The van der Waals surface area contributed by atoms with Gasteiger partial charge in [0.25, 0.3) is 0 Å². The summed E-state index contributed by atoms with van der Waals surface area (Å²) in [6.45, 7) is 3.58. The molecule has 0 radical (unpaired) electrons. The second kappa shape index (κ2) is 6.39. The summed E-state index contributed by atoms with van der Waals surface area (Å²) in [6.07, 6.45) is 3.51. The van der Waals surface area contributed by atoms with Crippen molar-refractivity contribution in [1.82, 2.24) is 15.0 Å². The molecule has 2 aromatic rings. The molecule has 5 nitrogen and oxygen atoms in total. The summed E-state index contributed by atoms with van der Waals surface area (Å²) in [4.78, 5) is 18.5. The Morgan fingerprint density at radius 1 is 1.57 bits per heavy atom. The lowest BCUT2D eigenvalue weighted by atomic mass is 9.97. The van der Waals surface area contributed by atoms with Crippen LogP contribution in [0.3, 0.4) is 0 Å². The lowest BCUT2D eigenvalue weighted by Gasteiger charge is -2.31. The molecule has 1 aliphatic heterocycles. The minimum Gasteiger partial charge on any atom is -0.342 e. The van der Waals surface area contributed by atoms with E-state index in [0.29, 0.717) is 24.7 Å². The molecule has 6 heteroatoms. The standard InChI is InChI=1S/C15H19N3O2S/c1-2-4-13(19)18-7-3-5-11(9-18)15-16-14(17-20-15)12-6-8-21-10-12/h6,8,10-11H,2-5,7,9H2,1H3. The summed E-state index contributed by atoms with van der Waals surface area (Å²) in [5, 5.41) is 8.06. The largest absolute Gasteiger partial charge is 0.342 e. The molecule has 0 N–H and O–H groups in total. The molecule has 3 heterocycles. The normalized spacial score (nSPS) is 18.9. The first kappa shape index (κ1) is 14.3. The van der Waals surface area contributed by atoms with E-state index < -0.39 is 0 Å². The monoisotopic (exact) mass is 305 g/mol. The number of thiophene rings is 1. The molecule has 21 heavy (non-hydrogen) atoms. The molecule has 1 amide bonds. The van der Waals surface area contributed by atoms with Crippen LogP contribution < -0.4 is 0 Å². The van der Waals surface area contributed by atoms with Gasteiger partial charge in [-0.25, -0.2) is 0 Å². The predicted octanol–water partition coefficient (Wildman–Crippen LogP) is 3.30. The van der Waals surface area contributed by atoms with Crippen LogP contribution in [0, 0.1) is 0 Å². The molecular weight excluding hydrogens is 286 g/mol. The van der Waals surface area contributed by atoms with Crippen LogP contribution in [-0.4, -0.2) is 34.0 Å². The van der Waals surface area contributed by atoms with Crippen LogP contribution in [0.4, 0.5) is 0 Å². The van der Waals surface area contributed by atoms with Crippen LogP contribution in [0.2, 0.25) is 0 Å². The van der Waals surface area contributed by atoms with Gasteiger partial charge in [-0.05, 0) is 30.7 Å². The molecule has 1 aliphatic rings. The molecule has 2 aromatic heterocycles. The molecule has 112 valence electrons. The molecule has 0 aromatic carbocycles. The van der Waals surface area contributed by atoms with E-state index in [2.05, 4.69) is 10.1 Å². The average Bonchev–Trinajstić information content (AvgIpc) is 3.18. The number of nitrogens with zero attached hydrogens (tertiary/aromatic N) is 3. The summed E-state index contributed by atoms with van der Waals surface area (Å²) < 4.78 is 5.42. The topological polar surface area (TPSA) is 59.2 Å². The van der Waals surface area contributed by atoms with Gasteiger partial charge in [-0.1, -0.05) is 12.1 Å². The number of amides is 1. The summed E-state index contributed by atoms with van der Waals surface area (Å²) in [5.41, 5.74) is 0.990. The number of likely N-dealkylation sites (tertiary alicyclic amines) is 1. The molecule has 0 spiro atoms. The Balaban J connectivity index is 1.70. The Labute approximate surface area is 128 Å². The summed E-state index contributed by atoms with van der Waals surface area (Å²) >= 11 is 1.61. The van der Waals surface area contributed by atoms with Crippen LogP contribution in [-0.2, 0) is 4.79 Å². The number of carbonyl (C=O) groups excluding carboxylic acids is 1. The van der Waals surface area contributed by atoms with Crippen molar-refractivity contribution >= 4 is 17.2 Å². The highest BCUT2D eigenvalue weighted by molar-refractivity contribution is 7.08. The Hall–Kier alpha value is -1.69. The number of hydrogen-bond acceptors (Lipinski definition) is 5. The zero-order valence-electron chi connectivity index (χ0n) is 12.1. The maximum absolute atomic E-state index is 12.0. The molecule has 1 saturated heterocycles. The van der Waals surface area contributed by atoms with Crippen LogP contribution >= 0.6 is 11.3 Å². The lowest BCUT2D eigenvalue weighted by Crippen LogP contribution is -2.39. The van der Waals surface area contributed by atoms with E-state index in [1.165, 1.54) is 0 Å². The second-order valence-corrected chi connectivity index (χ2v) is 6.18. The van der Waals surface area contributed by atoms with Gasteiger partial charge in [0.15, 0.2) is 0 Å². The van der Waals surface area contributed by atoms with E-state index in [4.69, 9.17) is 4.52 Å². The molecule has 0 saturated carbocycles. The van der Waals surface area contributed by atoms with Gasteiger partial charge in [0, 0.05) is 30.5 Å². The van der Waals surface area contributed by atoms with Crippen molar-refractivity contribution in [3.8, 4) is 11.4 Å². The molecule has 0 aliphatic carbocycles. The van der Waals surface area contributed by atoms with Crippen molar-refractivity contribution < 1.29 is 9.32 Å². The first-order valence-corrected chi connectivity index (χ1v) is 8.36. The highest BCUT2D eigenvalue weighted by atomic mass is 32.1. The van der Waals surface area contributed by atoms with E-state index in [1.54, 1.807) is 11.3 Å². The van der Waals surface area contributed by atoms with Crippen molar-refractivity contribution in [3.05, 3.63) is 22.7 Å². The zero-order valence-corrected chi connectivity index (χ0v) is 12.9. The van der Waals surface area contributed by atoms with Crippen LogP contribution in [0.25, 0.3) is 11.4 Å². The Morgan fingerprint density at radius 3 is 3.24 bits per heavy atom. The van der Waals surface area contributed by atoms with E-state index in [-0.39, 0.29) is 11.8 Å². The van der Waals surface area contributed by atoms with Crippen molar-refractivity contribution in [2.45, 2.75) is 38.5 Å². The number of hydrogen-bond donors (Lipinski definition) is 0. The van der Waals surface area contributed by atoms with Crippen molar-refractivity contribution in [2.24, 2.45) is 0 Å². The summed E-state index contributed by atoms with van der Waals surface area (Å²) in [7, 11) is 0. The molecule has 1 fully saturated rings. The van der Waals surface area contributed by atoms with Gasteiger partial charge < -0.3 is 9.42 Å². The van der Waals surface area contributed by atoms with E-state index in [0.717, 1.165) is 31.4 Å². The van der Waals surface area contributed by atoms with Crippen LogP contribution in [0.1, 0.15) is 44.4 Å². The van der Waals surface area contributed by atoms with Gasteiger partial charge in [0.2, 0.25) is 17.6 Å². The van der Waals surface area contributed by atoms with Gasteiger partial charge in [-0.15, -0.1) is 0 Å². The second-order valence-electron chi connectivity index (χ2n) is 5.40. The Kier molecular flexibility index (Phi) is 4.34. The third kappa shape index (κ3) is 3.15. The smallest absolute Gasteiger partial charge is 0.231 e. The minimum atomic E-state index is 0.166. The average molecular weight is 305 g/mol. The third-order valence-corrected chi connectivity index (χ3v) is 4.49. The lowest BCUT2D eigenvalue weighted by molar-refractivity contribution is -0.132. The minimum absolute atomic E-state index is 0.166. The number of carbonyl (C=O) groups is 1. The van der Waals surface area contributed by atoms with Gasteiger partial charge in [0.05, 0.1) is 5.92 Å². The van der Waals surface area contributed by atoms with Gasteiger partial charge in [-0.3, -0.25) is 4.79 Å².